The first-order chi connectivity index (χ1) is 18.8. The topological polar surface area (TPSA) is 35.0 Å². The van der Waals surface area contributed by atoms with Crippen LogP contribution in [0.3, 0.4) is 0 Å². The van der Waals surface area contributed by atoms with E-state index in [9.17, 15) is 13.2 Å². The van der Waals surface area contributed by atoms with Crippen LogP contribution in [-0.2, 0) is 31.9 Å². The van der Waals surface area contributed by atoms with Crippen LogP contribution in [0.5, 0.6) is 5.75 Å². The average molecular weight is 539 g/mol. The number of rotatable bonds is 13. The molecule has 0 atom stereocenters. The summed E-state index contributed by atoms with van der Waals surface area (Å²) in [6.07, 6.45) is 7.27. The number of aromatic nitrogens is 2. The molecule has 0 amide bonds. The maximum Gasteiger partial charge on any atom is 0.416 e. The van der Waals surface area contributed by atoms with E-state index < -0.39 is 11.7 Å². The second-order valence-corrected chi connectivity index (χ2v) is 9.89. The van der Waals surface area contributed by atoms with Gasteiger partial charge in [-0.05, 0) is 59.9 Å². The summed E-state index contributed by atoms with van der Waals surface area (Å²) < 4.78 is 59.2. The molecular weight excluding hydrogens is 504 g/mol. The Morgan fingerprint density at radius 1 is 0.744 bits per heavy atom. The van der Waals surface area contributed by atoms with Crippen LogP contribution in [0.25, 0.3) is 10.8 Å². The third kappa shape index (κ3) is 8.25. The number of ether oxygens (including phenoxy) is 1. The number of aryl methyl sites for hydroxylation is 4. The Morgan fingerprint density at radius 3 is 2.15 bits per heavy atom. The lowest BCUT2D eigenvalue weighted by Crippen LogP contribution is -2.04. The molecule has 0 aliphatic carbocycles. The lowest BCUT2D eigenvalue weighted by atomic mass is 9.98. The van der Waals surface area contributed by atoms with Gasteiger partial charge >= 0.3 is 6.18 Å². The molecule has 0 aliphatic heterocycles. The van der Waals surface area contributed by atoms with E-state index in [-0.39, 0.29) is 5.82 Å². The minimum atomic E-state index is -4.36. The molecule has 4 aromatic rings. The molecular formula is C32H34F4N2O. The molecule has 3 aromatic carbocycles. The van der Waals surface area contributed by atoms with Crippen molar-refractivity contribution in [1.82, 2.24) is 9.97 Å². The fourth-order valence-corrected chi connectivity index (χ4v) is 4.57. The van der Waals surface area contributed by atoms with E-state index in [4.69, 9.17) is 4.74 Å². The second kappa shape index (κ2) is 13.5. The first-order valence-electron chi connectivity index (χ1n) is 13.6. The molecule has 7 heteroatoms. The second-order valence-electron chi connectivity index (χ2n) is 9.89. The van der Waals surface area contributed by atoms with Crippen molar-refractivity contribution in [2.24, 2.45) is 0 Å². The summed E-state index contributed by atoms with van der Waals surface area (Å²) in [5, 5.41) is 1.35. The molecule has 1 aromatic heterocycles. The number of nitrogens with zero attached hydrogens (tertiary/aromatic N) is 2. The molecule has 1 heterocycles. The van der Waals surface area contributed by atoms with Gasteiger partial charge in [0.15, 0.2) is 5.75 Å². The molecule has 0 bridgehead atoms. The van der Waals surface area contributed by atoms with E-state index >= 15 is 4.39 Å². The van der Waals surface area contributed by atoms with Crippen LogP contribution in [0.1, 0.15) is 67.1 Å². The molecule has 0 saturated heterocycles. The third-order valence-corrected chi connectivity index (χ3v) is 6.90. The third-order valence-electron chi connectivity index (χ3n) is 6.90. The lowest BCUT2D eigenvalue weighted by molar-refractivity contribution is -0.137. The number of alkyl halides is 3. The van der Waals surface area contributed by atoms with Crippen LogP contribution in [0.4, 0.5) is 17.6 Å². The average Bonchev–Trinajstić information content (AvgIpc) is 2.94. The van der Waals surface area contributed by atoms with Crippen LogP contribution < -0.4 is 4.74 Å². The molecule has 0 fully saturated rings. The maximum atomic E-state index is 15.2. The fourth-order valence-electron chi connectivity index (χ4n) is 4.57. The minimum Gasteiger partial charge on any atom is -0.490 e. The first kappa shape index (κ1) is 28.5. The van der Waals surface area contributed by atoms with Gasteiger partial charge in [-0.15, -0.1) is 0 Å². The zero-order valence-electron chi connectivity index (χ0n) is 22.2. The van der Waals surface area contributed by atoms with Gasteiger partial charge in [0.05, 0.1) is 24.6 Å². The van der Waals surface area contributed by atoms with E-state index in [1.54, 1.807) is 24.5 Å². The molecule has 3 nitrogen and oxygen atoms in total. The van der Waals surface area contributed by atoms with Crippen LogP contribution >= 0.6 is 0 Å². The molecule has 0 N–H and O–H groups in total. The monoisotopic (exact) mass is 538 g/mol. The quantitative estimate of drug-likeness (QED) is 0.126. The van der Waals surface area contributed by atoms with Crippen LogP contribution in [0.15, 0.2) is 67.0 Å². The van der Waals surface area contributed by atoms with Crippen LogP contribution in [-0.4, -0.2) is 16.6 Å². The van der Waals surface area contributed by atoms with Gasteiger partial charge in [0.2, 0.25) is 0 Å². The fraction of sp³-hybridized carbons (Fsp3) is 0.375. The first-order valence-corrected chi connectivity index (χ1v) is 13.6. The van der Waals surface area contributed by atoms with Gasteiger partial charge in [-0.1, -0.05) is 75.1 Å². The van der Waals surface area contributed by atoms with Crippen molar-refractivity contribution >= 4 is 10.8 Å². The number of halogens is 4. The van der Waals surface area contributed by atoms with E-state index in [0.717, 1.165) is 47.3 Å². The van der Waals surface area contributed by atoms with Crippen molar-refractivity contribution in [3.05, 3.63) is 101 Å². The van der Waals surface area contributed by atoms with Gasteiger partial charge in [0.1, 0.15) is 11.6 Å². The Labute approximate surface area is 227 Å². The van der Waals surface area contributed by atoms with Gasteiger partial charge in [-0.2, -0.15) is 13.2 Å². The number of benzene rings is 3. The Kier molecular flexibility index (Phi) is 9.90. The molecule has 4 rings (SSSR count). The van der Waals surface area contributed by atoms with Gasteiger partial charge in [-0.3, -0.25) is 0 Å². The van der Waals surface area contributed by atoms with Crippen molar-refractivity contribution in [2.75, 3.05) is 6.61 Å². The normalized spacial score (nSPS) is 11.7. The van der Waals surface area contributed by atoms with Gasteiger partial charge in [-0.25, -0.2) is 14.4 Å². The molecule has 0 radical (unpaired) electrons. The maximum absolute atomic E-state index is 15.2. The summed E-state index contributed by atoms with van der Waals surface area (Å²) in [7, 11) is 0. The van der Waals surface area contributed by atoms with Gasteiger partial charge < -0.3 is 4.74 Å². The highest BCUT2D eigenvalue weighted by Gasteiger charge is 2.29. The Bertz CT molecular complexity index is 1340. The van der Waals surface area contributed by atoms with E-state index in [1.165, 1.54) is 37.8 Å². The summed E-state index contributed by atoms with van der Waals surface area (Å²) in [5.41, 5.74) is 1.67. The number of fused-ring (bicyclic) bond motifs is 1. The Hall–Kier alpha value is -3.48. The predicted octanol–water partition coefficient (Wildman–Crippen LogP) is 8.71. The van der Waals surface area contributed by atoms with E-state index in [1.807, 2.05) is 18.2 Å². The van der Waals surface area contributed by atoms with E-state index in [2.05, 4.69) is 16.9 Å². The summed E-state index contributed by atoms with van der Waals surface area (Å²) in [5.74, 6) is 1.13. The van der Waals surface area contributed by atoms with E-state index in [0.29, 0.717) is 42.6 Å². The zero-order chi connectivity index (χ0) is 27.7. The SMILES string of the molecule is CCCCCCCOc1cnc(CCc2ccc3c(F)c(CCc4ccc(C(F)(F)F)cc4)ccc3c2)nc1. The summed E-state index contributed by atoms with van der Waals surface area (Å²) in [6.45, 7) is 2.88. The van der Waals surface area contributed by atoms with Gasteiger partial charge in [0.25, 0.3) is 0 Å². The Balaban J connectivity index is 1.29. The number of unbranched alkanes of at least 4 members (excludes halogenated alkanes) is 4. The summed E-state index contributed by atoms with van der Waals surface area (Å²) in [6, 6.07) is 14.4. The Morgan fingerprint density at radius 2 is 1.44 bits per heavy atom. The van der Waals surface area contributed by atoms with Crippen molar-refractivity contribution in [2.45, 2.75) is 70.9 Å². The zero-order valence-corrected chi connectivity index (χ0v) is 22.2. The molecule has 0 saturated carbocycles. The number of hydrogen-bond acceptors (Lipinski definition) is 3. The predicted molar refractivity (Wildman–Crippen MR) is 146 cm³/mol. The summed E-state index contributed by atoms with van der Waals surface area (Å²) >= 11 is 0. The molecule has 0 unspecified atom stereocenters. The van der Waals surface area contributed by atoms with Crippen LogP contribution in [0.2, 0.25) is 0 Å². The minimum absolute atomic E-state index is 0.282. The summed E-state index contributed by atoms with van der Waals surface area (Å²) in [4.78, 5) is 8.84. The van der Waals surface area contributed by atoms with Crippen molar-refractivity contribution in [3.8, 4) is 5.75 Å². The molecule has 0 aliphatic rings. The standard InChI is InChI=1S/C32H34F4N2O/c1-2-3-4-5-6-19-39-28-21-37-30(38-22-28)18-11-24-10-17-29-26(20-24)14-13-25(31(29)33)12-7-23-8-15-27(16-9-23)32(34,35)36/h8-10,13-17,20-22H,2-7,11-12,18-19H2,1H3. The van der Waals surface area contributed by atoms with Crippen molar-refractivity contribution in [1.29, 1.82) is 0 Å². The van der Waals surface area contributed by atoms with Crippen molar-refractivity contribution < 1.29 is 22.3 Å². The van der Waals surface area contributed by atoms with Gasteiger partial charge in [0, 0.05) is 11.8 Å². The molecule has 0 spiro atoms. The lowest BCUT2D eigenvalue weighted by Gasteiger charge is -2.10. The number of hydrogen-bond donors (Lipinski definition) is 0. The van der Waals surface area contributed by atoms with Crippen molar-refractivity contribution in [3.63, 3.8) is 0 Å². The largest absolute Gasteiger partial charge is 0.490 e. The highest BCUT2D eigenvalue weighted by atomic mass is 19.4. The molecule has 206 valence electrons. The highest BCUT2D eigenvalue weighted by Crippen LogP contribution is 2.29. The van der Waals surface area contributed by atoms with Crippen LogP contribution in [0, 0.1) is 5.82 Å². The molecule has 39 heavy (non-hydrogen) atoms. The highest BCUT2D eigenvalue weighted by molar-refractivity contribution is 5.84. The smallest absolute Gasteiger partial charge is 0.416 e.